The van der Waals surface area contributed by atoms with Crippen LogP contribution in [0.3, 0.4) is 0 Å². The second-order valence-corrected chi connectivity index (χ2v) is 12.7. The summed E-state index contributed by atoms with van der Waals surface area (Å²) in [6.45, 7) is 10.4. The average molecular weight is 521 g/mol. The zero-order valence-corrected chi connectivity index (χ0v) is 22.8. The monoisotopic (exact) mass is 520 g/mol. The van der Waals surface area contributed by atoms with E-state index < -0.39 is 5.97 Å². The van der Waals surface area contributed by atoms with Gasteiger partial charge in [-0.1, -0.05) is 27.7 Å². The Kier molecular flexibility index (Phi) is 8.29. The first-order valence-corrected chi connectivity index (χ1v) is 14.1. The molecule has 0 spiro atoms. The minimum atomic E-state index is -1.02. The van der Waals surface area contributed by atoms with Gasteiger partial charge in [-0.3, -0.25) is 4.79 Å². The van der Waals surface area contributed by atoms with E-state index in [1.165, 1.54) is 11.3 Å². The Labute approximate surface area is 217 Å². The molecule has 2 saturated heterocycles. The van der Waals surface area contributed by atoms with Gasteiger partial charge in [0.2, 0.25) is 5.91 Å². The van der Waals surface area contributed by atoms with Crippen molar-refractivity contribution in [3.05, 3.63) is 15.8 Å². The van der Waals surface area contributed by atoms with Crippen molar-refractivity contribution in [2.75, 3.05) is 31.2 Å². The third kappa shape index (κ3) is 6.05. The van der Waals surface area contributed by atoms with Gasteiger partial charge >= 0.3 is 12.1 Å². The molecule has 1 aliphatic carbocycles. The summed E-state index contributed by atoms with van der Waals surface area (Å²) in [6, 6.07) is 1.61. The van der Waals surface area contributed by atoms with Crippen molar-refractivity contribution in [3.8, 4) is 0 Å². The van der Waals surface area contributed by atoms with Crippen LogP contribution < -0.4 is 4.90 Å². The van der Waals surface area contributed by atoms with Crippen LogP contribution in [0.1, 0.15) is 87.2 Å². The van der Waals surface area contributed by atoms with Crippen LogP contribution in [0, 0.1) is 11.8 Å². The predicted molar refractivity (Wildman–Crippen MR) is 139 cm³/mol. The van der Waals surface area contributed by atoms with Gasteiger partial charge in [0.1, 0.15) is 11.0 Å². The summed E-state index contributed by atoms with van der Waals surface area (Å²) in [5.41, 5.74) is 0.239. The maximum Gasteiger partial charge on any atom is 0.410 e. The number of likely N-dealkylation sites (tertiary alicyclic amines) is 1. The van der Waals surface area contributed by atoms with Crippen LogP contribution in [0.4, 0.5) is 10.5 Å². The predicted octanol–water partition coefficient (Wildman–Crippen LogP) is 5.29. The van der Waals surface area contributed by atoms with Gasteiger partial charge < -0.3 is 24.4 Å². The van der Waals surface area contributed by atoms with Gasteiger partial charge in [-0.15, -0.1) is 11.3 Å². The number of carbonyl (C=O) groups excluding carboxylic acids is 2. The van der Waals surface area contributed by atoms with Crippen LogP contribution in [-0.2, 0) is 19.7 Å². The molecule has 0 aromatic carbocycles. The number of carboxylic acid groups (broad SMARTS) is 1. The molecule has 3 heterocycles. The number of rotatable bonds is 5. The van der Waals surface area contributed by atoms with E-state index >= 15 is 0 Å². The summed E-state index contributed by atoms with van der Waals surface area (Å²) in [6.07, 6.45) is 5.12. The van der Waals surface area contributed by atoms with Crippen molar-refractivity contribution in [2.24, 2.45) is 11.8 Å². The fourth-order valence-electron chi connectivity index (χ4n) is 5.41. The van der Waals surface area contributed by atoms with Crippen molar-refractivity contribution in [3.63, 3.8) is 0 Å². The van der Waals surface area contributed by atoms with E-state index in [4.69, 9.17) is 9.47 Å². The lowest BCUT2D eigenvalue weighted by atomic mass is 9.82. The van der Waals surface area contributed by atoms with Crippen LogP contribution in [-0.4, -0.2) is 66.4 Å². The number of carboxylic acids is 1. The lowest BCUT2D eigenvalue weighted by Gasteiger charge is -2.34. The number of anilines is 1. The highest BCUT2D eigenvalue weighted by Crippen LogP contribution is 2.41. The minimum Gasteiger partial charge on any atom is -0.477 e. The second kappa shape index (κ2) is 11.1. The molecule has 3 aliphatic rings. The summed E-state index contributed by atoms with van der Waals surface area (Å²) in [5.74, 6) is -0.543. The maximum absolute atomic E-state index is 14.0. The SMILES string of the molecule is CC(C)(C)c1cc(N(C(=O)[C@H]2CC[C@H](C)CC2)[C@H]2CCN(C(=O)OC3CCOCC3)C2)c(C(=O)O)s1. The Bertz CT molecular complexity index is 956. The van der Waals surface area contributed by atoms with Crippen LogP contribution in [0.15, 0.2) is 6.07 Å². The molecule has 0 bridgehead atoms. The van der Waals surface area contributed by atoms with Gasteiger partial charge in [0.25, 0.3) is 0 Å². The van der Waals surface area contributed by atoms with Gasteiger partial charge in [0.05, 0.1) is 24.9 Å². The summed E-state index contributed by atoms with van der Waals surface area (Å²) < 4.78 is 11.1. The molecule has 1 aromatic rings. The highest BCUT2D eigenvalue weighted by molar-refractivity contribution is 7.14. The number of hydrogen-bond donors (Lipinski definition) is 1. The Balaban J connectivity index is 1.60. The third-order valence-corrected chi connectivity index (χ3v) is 9.27. The van der Waals surface area contributed by atoms with Gasteiger partial charge in [0, 0.05) is 36.7 Å². The maximum atomic E-state index is 14.0. The first-order valence-electron chi connectivity index (χ1n) is 13.3. The topological polar surface area (TPSA) is 96.4 Å². The molecule has 1 atom stereocenters. The van der Waals surface area contributed by atoms with Crippen LogP contribution >= 0.6 is 11.3 Å². The number of aromatic carboxylic acids is 1. The summed E-state index contributed by atoms with van der Waals surface area (Å²) in [5, 5.41) is 10.1. The van der Waals surface area contributed by atoms with Gasteiger partial charge in [-0.25, -0.2) is 9.59 Å². The second-order valence-electron chi connectivity index (χ2n) is 11.6. The molecule has 200 valence electrons. The zero-order chi connectivity index (χ0) is 26.0. The van der Waals surface area contributed by atoms with Gasteiger partial charge in [0.15, 0.2) is 0 Å². The van der Waals surface area contributed by atoms with E-state index in [0.717, 1.165) is 30.6 Å². The van der Waals surface area contributed by atoms with Crippen LogP contribution in [0.25, 0.3) is 0 Å². The molecule has 0 unspecified atom stereocenters. The molecule has 0 radical (unpaired) electrons. The van der Waals surface area contributed by atoms with E-state index in [-0.39, 0.29) is 40.4 Å². The van der Waals surface area contributed by atoms with Crippen molar-refractivity contribution < 1.29 is 29.0 Å². The van der Waals surface area contributed by atoms with Crippen LogP contribution in [0.5, 0.6) is 0 Å². The number of thiophene rings is 1. The standard InChI is InChI=1S/C27H40N2O6S/c1-17-5-7-18(8-6-17)24(30)29(21-15-22(27(2,3)4)36-23(21)25(31)32)19-9-12-28(16-19)26(33)35-20-10-13-34-14-11-20/h15,17-20H,5-14,16H2,1-4H3,(H,31,32)/t17-,18-,19-/m0/s1. The highest BCUT2D eigenvalue weighted by Gasteiger charge is 2.40. The molecule has 4 rings (SSSR count). The zero-order valence-electron chi connectivity index (χ0n) is 22.0. The lowest BCUT2D eigenvalue weighted by Crippen LogP contribution is -2.47. The van der Waals surface area contributed by atoms with E-state index in [9.17, 15) is 19.5 Å². The number of hydrogen-bond acceptors (Lipinski definition) is 6. The molecule has 1 N–H and O–H groups in total. The normalized spacial score (nSPS) is 25.6. The smallest absolute Gasteiger partial charge is 0.410 e. The summed E-state index contributed by atoms with van der Waals surface area (Å²) in [4.78, 5) is 43.7. The fourth-order valence-corrected chi connectivity index (χ4v) is 6.46. The van der Waals surface area contributed by atoms with E-state index in [2.05, 4.69) is 6.92 Å². The Morgan fingerprint density at radius 3 is 2.36 bits per heavy atom. The molecule has 2 aliphatic heterocycles. The minimum absolute atomic E-state index is 0.00712. The highest BCUT2D eigenvalue weighted by atomic mass is 32.1. The van der Waals surface area contributed by atoms with Crippen molar-refractivity contribution >= 4 is 35.0 Å². The molecule has 36 heavy (non-hydrogen) atoms. The Morgan fingerprint density at radius 1 is 1.08 bits per heavy atom. The fraction of sp³-hybridized carbons (Fsp3) is 0.741. The van der Waals surface area contributed by atoms with Crippen LogP contribution in [0.2, 0.25) is 0 Å². The van der Waals surface area contributed by atoms with E-state index in [1.54, 1.807) is 9.80 Å². The molecular formula is C27H40N2O6S. The first-order chi connectivity index (χ1) is 17.0. The number of carbonyl (C=O) groups is 3. The summed E-state index contributed by atoms with van der Waals surface area (Å²) in [7, 11) is 0. The largest absolute Gasteiger partial charge is 0.477 e. The lowest BCUT2D eigenvalue weighted by molar-refractivity contribution is -0.124. The van der Waals surface area contributed by atoms with Crippen molar-refractivity contribution in [2.45, 2.75) is 90.2 Å². The van der Waals surface area contributed by atoms with Crippen molar-refractivity contribution in [1.29, 1.82) is 0 Å². The molecular weight excluding hydrogens is 480 g/mol. The molecule has 2 amide bonds. The molecule has 9 heteroatoms. The van der Waals surface area contributed by atoms with Gasteiger partial charge in [-0.05, 0) is 49.5 Å². The number of amides is 2. The molecule has 8 nitrogen and oxygen atoms in total. The van der Waals surface area contributed by atoms with E-state index in [0.29, 0.717) is 57.2 Å². The molecule has 3 fully saturated rings. The first kappa shape index (κ1) is 26.9. The number of ether oxygens (including phenoxy) is 2. The molecule has 1 saturated carbocycles. The Hall–Kier alpha value is -2.13. The Morgan fingerprint density at radius 2 is 1.75 bits per heavy atom. The van der Waals surface area contributed by atoms with Gasteiger partial charge in [-0.2, -0.15) is 0 Å². The summed E-state index contributed by atoms with van der Waals surface area (Å²) >= 11 is 1.25. The third-order valence-electron chi connectivity index (χ3n) is 7.73. The number of nitrogens with zero attached hydrogens (tertiary/aromatic N) is 2. The van der Waals surface area contributed by atoms with E-state index in [1.807, 2.05) is 26.8 Å². The quantitative estimate of drug-likeness (QED) is 0.567. The molecule has 1 aromatic heterocycles. The average Bonchev–Trinajstić information content (AvgIpc) is 3.49. The van der Waals surface area contributed by atoms with Crippen molar-refractivity contribution in [1.82, 2.24) is 4.90 Å².